The molecule has 0 aromatic rings. The summed E-state index contributed by atoms with van der Waals surface area (Å²) in [6.07, 6.45) is 0.924. The van der Waals surface area contributed by atoms with E-state index in [2.05, 4.69) is 23.1 Å². The number of hydrogen-bond donors (Lipinski definition) is 1. The van der Waals surface area contributed by atoms with E-state index < -0.39 is 89.3 Å². The summed E-state index contributed by atoms with van der Waals surface area (Å²) in [6.45, 7) is 14.6. The monoisotopic (exact) mass is 702 g/mol. The molecule has 0 aromatic heterocycles. The predicted octanol–water partition coefficient (Wildman–Crippen LogP) is 3.06. The van der Waals surface area contributed by atoms with Gasteiger partial charge in [-0.25, -0.2) is 4.79 Å². The van der Waals surface area contributed by atoms with Gasteiger partial charge in [0.2, 0.25) is 0 Å². The number of rotatable bonds is 7. The normalized spacial score (nSPS) is 39.9. The number of hydrogen-bond acceptors (Lipinski definition) is 12. The van der Waals surface area contributed by atoms with Gasteiger partial charge < -0.3 is 38.6 Å². The number of carbonyl (C=O) groups is 5. The van der Waals surface area contributed by atoms with Crippen LogP contribution in [0.25, 0.3) is 0 Å². The molecular formula is C37H54N2O11. The summed E-state index contributed by atoms with van der Waals surface area (Å²) in [7, 11) is 3.71. The van der Waals surface area contributed by atoms with Crippen LogP contribution in [0.3, 0.4) is 0 Å². The summed E-state index contributed by atoms with van der Waals surface area (Å²) in [5, 5.41) is 2.76. The fraction of sp³-hybridized carbons (Fsp3) is 0.757. The maximum absolute atomic E-state index is 14.3. The SMILES string of the molecule is C#CC#CCO[C@@]1(C)C[C@@H](C)C(=O)[C@@H](C)[C@H]2NC(=O)O[C@]2(C)[C@H](CC)OC(=O)[C@H](C)C(=O)[C@H](C)[C@H]1O[C@@H]1O[C@H](C)C[C@H](N(C)C)[C@H]1OC(C)=O. The molecule has 0 saturated carbocycles. The van der Waals surface area contributed by atoms with E-state index in [0.29, 0.717) is 6.42 Å². The van der Waals surface area contributed by atoms with Crippen molar-refractivity contribution in [2.75, 3.05) is 20.7 Å². The molecule has 3 fully saturated rings. The quantitative estimate of drug-likeness (QED) is 0.179. The third kappa shape index (κ3) is 8.86. The molecule has 1 amide bonds. The number of esters is 2. The largest absolute Gasteiger partial charge is 0.458 e. The minimum atomic E-state index is -1.43. The molecule has 0 aromatic carbocycles. The standard InChI is InChI=1S/C37H54N2O11/c1-13-15-16-17-45-36(9)19-20(3)28(41)22(5)31-37(10,50-35(44)38-31)27(14-2)48-33(43)24(7)29(42)23(6)32(36)49-34-30(47-25(8)40)26(39(11)12)18-21(4)46-34/h1,20-24,26-27,30-32,34H,14,17-19H2,2-12H3,(H,38,44)/t20-,21-,22-,23+,24-,26+,27+,30-,31-,32-,34+,36+,37-/m1/s1. The van der Waals surface area contributed by atoms with Crippen LogP contribution in [0, 0.1) is 47.9 Å². The van der Waals surface area contributed by atoms with Gasteiger partial charge in [0.05, 0.1) is 29.9 Å². The number of terminal acetylenes is 1. The molecule has 3 heterocycles. The molecule has 3 rings (SSSR count). The number of ether oxygens (including phenoxy) is 6. The highest BCUT2D eigenvalue weighted by Crippen LogP contribution is 2.40. The Morgan fingerprint density at radius 2 is 1.72 bits per heavy atom. The molecular weight excluding hydrogens is 648 g/mol. The van der Waals surface area contributed by atoms with Crippen molar-refractivity contribution in [1.82, 2.24) is 10.2 Å². The number of Topliss-reactive ketones (excluding diaryl/α,β-unsaturated/α-hetero) is 2. The lowest BCUT2D eigenvalue weighted by atomic mass is 9.73. The lowest BCUT2D eigenvalue weighted by Crippen LogP contribution is -2.61. The van der Waals surface area contributed by atoms with Crippen LogP contribution in [0.1, 0.15) is 81.6 Å². The van der Waals surface area contributed by atoms with Crippen molar-refractivity contribution in [1.29, 1.82) is 0 Å². The Bertz CT molecular complexity index is 1400. The molecule has 13 nitrogen and oxygen atoms in total. The second-order valence-corrected chi connectivity index (χ2v) is 14.5. The molecule has 0 unspecified atom stereocenters. The number of amides is 1. The van der Waals surface area contributed by atoms with E-state index >= 15 is 0 Å². The molecule has 13 heteroatoms. The summed E-state index contributed by atoms with van der Waals surface area (Å²) < 4.78 is 36.8. The Kier molecular flexibility index (Phi) is 13.7. The minimum absolute atomic E-state index is 0.0298. The Morgan fingerprint density at radius 1 is 1.06 bits per heavy atom. The lowest BCUT2D eigenvalue weighted by Gasteiger charge is -2.47. The van der Waals surface area contributed by atoms with E-state index in [4.69, 9.17) is 34.8 Å². The minimum Gasteiger partial charge on any atom is -0.458 e. The highest BCUT2D eigenvalue weighted by atomic mass is 16.7. The topological polar surface area (TPSA) is 156 Å². The van der Waals surface area contributed by atoms with Crippen LogP contribution in [0.15, 0.2) is 0 Å². The molecule has 3 saturated heterocycles. The molecule has 1 N–H and O–H groups in total. The van der Waals surface area contributed by atoms with Gasteiger partial charge in [0, 0.05) is 24.7 Å². The Hall–Kier alpha value is -3.49. The van der Waals surface area contributed by atoms with Gasteiger partial charge >= 0.3 is 18.0 Å². The number of fused-ring (bicyclic) bond motifs is 1. The van der Waals surface area contributed by atoms with Gasteiger partial charge in [-0.2, -0.15) is 0 Å². The molecule has 0 spiro atoms. The van der Waals surface area contributed by atoms with Gasteiger partial charge in [0.25, 0.3) is 0 Å². The molecule has 13 atom stereocenters. The molecule has 3 aliphatic heterocycles. The average molecular weight is 703 g/mol. The summed E-state index contributed by atoms with van der Waals surface area (Å²) in [5.74, 6) is 1.58. The summed E-state index contributed by atoms with van der Waals surface area (Å²) >= 11 is 0. The number of alkyl carbamates (subject to hydrolysis) is 1. The van der Waals surface area contributed by atoms with Crippen LogP contribution in [-0.2, 0) is 47.6 Å². The molecule has 278 valence electrons. The average Bonchev–Trinajstić information content (AvgIpc) is 3.36. The number of carbonyl (C=O) groups excluding carboxylic acids is 5. The first kappa shape index (κ1) is 40.9. The summed E-state index contributed by atoms with van der Waals surface area (Å²) in [5.41, 5.74) is -2.82. The van der Waals surface area contributed by atoms with Gasteiger partial charge in [-0.15, -0.1) is 6.42 Å². The summed E-state index contributed by atoms with van der Waals surface area (Å²) in [4.78, 5) is 69.1. The third-order valence-electron chi connectivity index (χ3n) is 10.4. The predicted molar refractivity (Wildman–Crippen MR) is 181 cm³/mol. The van der Waals surface area contributed by atoms with E-state index in [9.17, 15) is 24.0 Å². The zero-order valence-corrected chi connectivity index (χ0v) is 31.2. The fourth-order valence-electron chi connectivity index (χ4n) is 7.72. The second-order valence-electron chi connectivity index (χ2n) is 14.5. The van der Waals surface area contributed by atoms with E-state index in [0.717, 1.165) is 0 Å². The highest BCUT2D eigenvalue weighted by Gasteiger charge is 2.57. The Balaban J connectivity index is 2.21. The number of ketones is 2. The molecule has 0 aliphatic carbocycles. The van der Waals surface area contributed by atoms with Gasteiger partial charge in [-0.3, -0.25) is 19.2 Å². The molecule has 0 radical (unpaired) electrons. The number of cyclic esters (lactones) is 1. The van der Waals surface area contributed by atoms with Crippen LogP contribution in [0.5, 0.6) is 0 Å². The zero-order chi connectivity index (χ0) is 37.7. The van der Waals surface area contributed by atoms with Crippen LogP contribution in [-0.4, -0.2) is 109 Å². The first-order valence-electron chi connectivity index (χ1n) is 17.3. The van der Waals surface area contributed by atoms with Crippen LogP contribution in [0.4, 0.5) is 4.79 Å². The van der Waals surface area contributed by atoms with Gasteiger partial charge in [0.1, 0.15) is 24.4 Å². The highest BCUT2D eigenvalue weighted by molar-refractivity contribution is 6.00. The number of nitrogens with one attached hydrogen (secondary N) is 1. The van der Waals surface area contributed by atoms with E-state index in [-0.39, 0.29) is 37.4 Å². The zero-order valence-electron chi connectivity index (χ0n) is 31.2. The maximum atomic E-state index is 14.3. The smallest absolute Gasteiger partial charge is 0.408 e. The summed E-state index contributed by atoms with van der Waals surface area (Å²) in [6, 6.07) is -1.15. The van der Waals surface area contributed by atoms with Crippen molar-refractivity contribution in [3.63, 3.8) is 0 Å². The number of nitrogens with zero attached hydrogens (tertiary/aromatic N) is 1. The van der Waals surface area contributed by atoms with Gasteiger partial charge in [0.15, 0.2) is 23.8 Å². The van der Waals surface area contributed by atoms with E-state index in [1.165, 1.54) is 13.8 Å². The van der Waals surface area contributed by atoms with Gasteiger partial charge in [-0.05, 0) is 72.9 Å². The third-order valence-corrected chi connectivity index (χ3v) is 10.4. The van der Waals surface area contributed by atoms with Gasteiger partial charge in [-0.1, -0.05) is 33.6 Å². The first-order chi connectivity index (χ1) is 23.3. The molecule has 3 aliphatic rings. The lowest BCUT2D eigenvalue weighted by molar-refractivity contribution is -0.299. The Morgan fingerprint density at radius 3 is 2.30 bits per heavy atom. The second kappa shape index (κ2) is 16.7. The van der Waals surface area contributed by atoms with E-state index in [1.807, 2.05) is 25.9 Å². The number of likely N-dealkylation sites (N-methyl/N-ethyl adjacent to an activating group) is 1. The van der Waals surface area contributed by atoms with Crippen molar-refractivity contribution in [2.45, 2.75) is 136 Å². The first-order valence-corrected chi connectivity index (χ1v) is 17.3. The van der Waals surface area contributed by atoms with Crippen molar-refractivity contribution >= 4 is 29.6 Å². The molecule has 50 heavy (non-hydrogen) atoms. The van der Waals surface area contributed by atoms with Crippen LogP contribution >= 0.6 is 0 Å². The molecule has 0 bridgehead atoms. The van der Waals surface area contributed by atoms with Crippen molar-refractivity contribution in [3.05, 3.63) is 0 Å². The Labute approximate surface area is 296 Å². The maximum Gasteiger partial charge on any atom is 0.408 e. The van der Waals surface area contributed by atoms with Crippen LogP contribution in [0.2, 0.25) is 0 Å². The fourth-order valence-corrected chi connectivity index (χ4v) is 7.72. The van der Waals surface area contributed by atoms with Crippen LogP contribution < -0.4 is 5.32 Å². The van der Waals surface area contributed by atoms with Crippen molar-refractivity contribution < 1.29 is 52.4 Å². The van der Waals surface area contributed by atoms with Crippen molar-refractivity contribution in [2.24, 2.45) is 23.7 Å². The van der Waals surface area contributed by atoms with E-state index in [1.54, 1.807) is 41.5 Å². The van der Waals surface area contributed by atoms with Crippen molar-refractivity contribution in [3.8, 4) is 24.2 Å².